The molecule has 0 aromatic carbocycles. The van der Waals surface area contributed by atoms with E-state index in [9.17, 15) is 31.5 Å². The first-order valence-corrected chi connectivity index (χ1v) is 9.18. The molecule has 24 heavy (non-hydrogen) atoms. The van der Waals surface area contributed by atoms with Crippen LogP contribution in [0.1, 0.15) is 33.1 Å². The Bertz CT molecular complexity index is 649. The molecule has 138 valence electrons. The first-order valence-electron chi connectivity index (χ1n) is 7.57. The molecular weight excluding hydrogens is 351 g/mol. The summed E-state index contributed by atoms with van der Waals surface area (Å²) in [5.41, 5.74) is -3.39. The largest absolute Gasteiger partial charge is 0.438 e. The molecule has 2 aliphatic heterocycles. The van der Waals surface area contributed by atoms with Crippen molar-refractivity contribution in [2.45, 2.75) is 45.0 Å². The van der Waals surface area contributed by atoms with Gasteiger partial charge >= 0.3 is 6.18 Å². The minimum Gasteiger partial charge on any atom is -0.362 e. The van der Waals surface area contributed by atoms with Crippen LogP contribution in [0.2, 0.25) is 0 Å². The number of hydrazone groups is 1. The summed E-state index contributed by atoms with van der Waals surface area (Å²) in [7, 11) is -3.54. The molecule has 11 heteroatoms. The highest BCUT2D eigenvalue weighted by atomic mass is 32.2. The Morgan fingerprint density at radius 1 is 1.46 bits per heavy atom. The smallest absolute Gasteiger partial charge is 0.362 e. The normalized spacial score (nSPS) is 29.7. The number of piperidine rings is 1. The van der Waals surface area contributed by atoms with E-state index in [2.05, 4.69) is 5.10 Å². The van der Waals surface area contributed by atoms with Crippen molar-refractivity contribution in [1.82, 2.24) is 9.31 Å². The number of halogens is 3. The van der Waals surface area contributed by atoms with Gasteiger partial charge in [-0.15, -0.1) is 0 Å². The number of hydrogen-bond acceptors (Lipinski definition) is 5. The van der Waals surface area contributed by atoms with Crippen LogP contribution in [0.3, 0.4) is 0 Å². The molecule has 7 nitrogen and oxygen atoms in total. The SMILES string of the molecule is CCS(=O)(=O)N1CCCC(C(=O)N2N=C(C)CC2(O)C(F)(F)F)C1. The van der Waals surface area contributed by atoms with Gasteiger partial charge < -0.3 is 5.11 Å². The first-order chi connectivity index (χ1) is 10.9. The average Bonchev–Trinajstić information content (AvgIpc) is 2.82. The quantitative estimate of drug-likeness (QED) is 0.798. The fraction of sp³-hybridized carbons (Fsp3) is 0.846. The van der Waals surface area contributed by atoms with Gasteiger partial charge in [0.25, 0.3) is 5.72 Å². The monoisotopic (exact) mass is 371 g/mol. The van der Waals surface area contributed by atoms with Crippen LogP contribution in [-0.2, 0) is 14.8 Å². The molecule has 0 bridgehead atoms. The Morgan fingerprint density at radius 2 is 2.08 bits per heavy atom. The fourth-order valence-electron chi connectivity index (χ4n) is 2.92. The summed E-state index contributed by atoms with van der Waals surface area (Å²) in [6.45, 7) is 2.77. The van der Waals surface area contributed by atoms with Crippen molar-refractivity contribution in [3.63, 3.8) is 0 Å². The number of aliphatic hydroxyl groups is 1. The van der Waals surface area contributed by atoms with E-state index < -0.39 is 40.2 Å². The predicted octanol–water partition coefficient (Wildman–Crippen LogP) is 0.907. The molecule has 1 saturated heterocycles. The summed E-state index contributed by atoms with van der Waals surface area (Å²) < 4.78 is 64.5. The van der Waals surface area contributed by atoms with Gasteiger partial charge in [0.1, 0.15) is 0 Å². The molecule has 2 atom stereocenters. The zero-order valence-corrected chi connectivity index (χ0v) is 14.2. The Labute approximate surface area is 138 Å². The maximum Gasteiger partial charge on any atom is 0.438 e. The van der Waals surface area contributed by atoms with Crippen LogP contribution in [0.15, 0.2) is 5.10 Å². The Kier molecular flexibility index (Phi) is 4.99. The van der Waals surface area contributed by atoms with Crippen LogP contribution >= 0.6 is 0 Å². The second-order valence-corrected chi connectivity index (χ2v) is 8.33. The third-order valence-corrected chi connectivity index (χ3v) is 6.13. The summed E-state index contributed by atoms with van der Waals surface area (Å²) in [5, 5.41) is 13.6. The van der Waals surface area contributed by atoms with Crippen molar-refractivity contribution in [3.8, 4) is 0 Å². The molecule has 2 rings (SSSR count). The van der Waals surface area contributed by atoms with E-state index in [0.29, 0.717) is 6.42 Å². The lowest BCUT2D eigenvalue weighted by Crippen LogP contribution is -2.59. The number of sulfonamides is 1. The molecule has 2 unspecified atom stereocenters. The third kappa shape index (κ3) is 3.29. The van der Waals surface area contributed by atoms with Crippen LogP contribution in [0.25, 0.3) is 0 Å². The highest BCUT2D eigenvalue weighted by molar-refractivity contribution is 7.89. The topological polar surface area (TPSA) is 90.3 Å². The summed E-state index contributed by atoms with van der Waals surface area (Å²) in [5.74, 6) is -2.13. The summed E-state index contributed by atoms with van der Waals surface area (Å²) >= 11 is 0. The molecule has 0 saturated carbocycles. The van der Waals surface area contributed by atoms with E-state index in [1.807, 2.05) is 0 Å². The van der Waals surface area contributed by atoms with Gasteiger partial charge in [-0.2, -0.15) is 23.3 Å². The third-order valence-electron chi connectivity index (χ3n) is 4.28. The van der Waals surface area contributed by atoms with Gasteiger partial charge in [-0.1, -0.05) is 0 Å². The maximum absolute atomic E-state index is 13.2. The summed E-state index contributed by atoms with van der Waals surface area (Å²) in [4.78, 5) is 12.5. The molecule has 0 spiro atoms. The summed E-state index contributed by atoms with van der Waals surface area (Å²) in [6.07, 6.45) is -5.27. The van der Waals surface area contributed by atoms with E-state index in [-0.39, 0.29) is 36.0 Å². The van der Waals surface area contributed by atoms with Gasteiger partial charge in [0, 0.05) is 25.2 Å². The number of nitrogens with zero attached hydrogens (tertiary/aromatic N) is 3. The molecule has 1 fully saturated rings. The Hall–Kier alpha value is -1.20. The van der Waals surface area contributed by atoms with Crippen molar-refractivity contribution in [2.24, 2.45) is 11.0 Å². The average molecular weight is 371 g/mol. The maximum atomic E-state index is 13.2. The van der Waals surface area contributed by atoms with Crippen molar-refractivity contribution in [1.29, 1.82) is 0 Å². The van der Waals surface area contributed by atoms with Crippen LogP contribution in [0.4, 0.5) is 13.2 Å². The Balaban J connectivity index is 2.24. The van der Waals surface area contributed by atoms with Gasteiger partial charge in [-0.3, -0.25) is 4.79 Å². The molecule has 1 N–H and O–H groups in total. The molecule has 0 radical (unpaired) electrons. The molecule has 0 aromatic rings. The predicted molar refractivity (Wildman–Crippen MR) is 79.3 cm³/mol. The lowest BCUT2D eigenvalue weighted by molar-refractivity contribution is -0.303. The van der Waals surface area contributed by atoms with E-state index in [4.69, 9.17) is 0 Å². The second-order valence-electron chi connectivity index (χ2n) is 6.07. The van der Waals surface area contributed by atoms with Crippen molar-refractivity contribution < 1.29 is 31.5 Å². The number of alkyl halides is 3. The summed E-state index contributed by atoms with van der Waals surface area (Å²) in [6, 6.07) is 0. The molecular formula is C13H20F3N3O4S. The van der Waals surface area contributed by atoms with E-state index in [0.717, 1.165) is 4.31 Å². The molecule has 0 aromatic heterocycles. The van der Waals surface area contributed by atoms with Gasteiger partial charge in [0.2, 0.25) is 15.9 Å². The fourth-order valence-corrected chi connectivity index (χ4v) is 4.10. The first kappa shape index (κ1) is 19.1. The Morgan fingerprint density at radius 3 is 2.62 bits per heavy atom. The highest BCUT2D eigenvalue weighted by Gasteiger charge is 2.63. The van der Waals surface area contributed by atoms with Crippen LogP contribution in [0.5, 0.6) is 0 Å². The van der Waals surface area contributed by atoms with Gasteiger partial charge in [-0.25, -0.2) is 12.7 Å². The number of rotatable bonds is 3. The van der Waals surface area contributed by atoms with E-state index in [1.54, 1.807) is 0 Å². The van der Waals surface area contributed by atoms with Crippen LogP contribution < -0.4 is 0 Å². The second kappa shape index (κ2) is 6.26. The van der Waals surface area contributed by atoms with Gasteiger partial charge in [0.05, 0.1) is 11.7 Å². The zero-order valence-electron chi connectivity index (χ0n) is 13.4. The zero-order chi connectivity index (χ0) is 18.3. The minimum absolute atomic E-state index is 0.0166. The van der Waals surface area contributed by atoms with Crippen molar-refractivity contribution in [2.75, 3.05) is 18.8 Å². The van der Waals surface area contributed by atoms with E-state index >= 15 is 0 Å². The molecule has 0 aliphatic carbocycles. The standard InChI is InChI=1S/C13H20F3N3O4S/c1-3-24(22,23)18-6-4-5-10(8-18)11(20)19-12(21,13(14,15)16)7-9(2)17-19/h10,21H,3-8H2,1-2H3. The van der Waals surface area contributed by atoms with Gasteiger partial charge in [-0.05, 0) is 26.7 Å². The molecule has 2 heterocycles. The minimum atomic E-state index is -5.06. The molecule has 2 aliphatic rings. The number of carbonyl (C=O) groups excluding carboxylic acids is 1. The number of carbonyl (C=O) groups is 1. The van der Waals surface area contributed by atoms with Crippen molar-refractivity contribution >= 4 is 21.6 Å². The number of hydrogen-bond donors (Lipinski definition) is 1. The van der Waals surface area contributed by atoms with E-state index in [1.165, 1.54) is 13.8 Å². The lowest BCUT2D eigenvalue weighted by Gasteiger charge is -2.37. The molecule has 1 amide bonds. The van der Waals surface area contributed by atoms with Crippen LogP contribution in [0, 0.1) is 5.92 Å². The lowest BCUT2D eigenvalue weighted by atomic mass is 9.97. The highest BCUT2D eigenvalue weighted by Crippen LogP contribution is 2.41. The number of amides is 1. The van der Waals surface area contributed by atoms with Gasteiger partial charge in [0.15, 0.2) is 0 Å². The van der Waals surface area contributed by atoms with Crippen molar-refractivity contribution in [3.05, 3.63) is 0 Å². The van der Waals surface area contributed by atoms with Crippen LogP contribution in [-0.4, -0.2) is 65.2 Å².